The first-order chi connectivity index (χ1) is 11.8. The number of benzene rings is 1. The Hall–Kier alpha value is -2.18. The van der Waals surface area contributed by atoms with Crippen molar-refractivity contribution >= 4 is 22.8 Å². The maximum atomic E-state index is 5.69. The third-order valence-electron chi connectivity index (χ3n) is 4.03. The van der Waals surface area contributed by atoms with Crippen molar-refractivity contribution in [1.82, 2.24) is 15.3 Å². The summed E-state index contributed by atoms with van der Waals surface area (Å²) < 4.78 is 11.3. The molecule has 5 nitrogen and oxygen atoms in total. The minimum absolute atomic E-state index is 0.610. The number of rotatable bonds is 5. The molecule has 6 heteroatoms. The van der Waals surface area contributed by atoms with Crippen molar-refractivity contribution in [3.8, 4) is 11.5 Å². The quantitative estimate of drug-likeness (QED) is 0.697. The van der Waals surface area contributed by atoms with Gasteiger partial charge in [-0.2, -0.15) is 0 Å². The molecule has 2 N–H and O–H groups in total. The summed E-state index contributed by atoms with van der Waals surface area (Å²) in [7, 11) is 0. The molecule has 3 heterocycles. The van der Waals surface area contributed by atoms with E-state index in [0.29, 0.717) is 13.2 Å². The molecule has 0 bridgehead atoms. The van der Waals surface area contributed by atoms with Gasteiger partial charge in [-0.25, -0.2) is 4.98 Å². The number of aromatic amines is 1. The van der Waals surface area contributed by atoms with Crippen molar-refractivity contribution in [1.29, 1.82) is 0 Å². The van der Waals surface area contributed by atoms with Gasteiger partial charge in [0.2, 0.25) is 0 Å². The van der Waals surface area contributed by atoms with Gasteiger partial charge in [-0.1, -0.05) is 0 Å². The smallest absolute Gasteiger partial charge is 0.162 e. The Morgan fingerprint density at radius 1 is 1.12 bits per heavy atom. The van der Waals surface area contributed by atoms with E-state index < -0.39 is 0 Å². The van der Waals surface area contributed by atoms with Crippen LogP contribution in [0.5, 0.6) is 11.5 Å². The molecule has 0 saturated heterocycles. The summed E-state index contributed by atoms with van der Waals surface area (Å²) in [5.74, 6) is 1.68. The van der Waals surface area contributed by atoms with E-state index in [-0.39, 0.29) is 0 Å². The van der Waals surface area contributed by atoms with Crippen LogP contribution in [0.25, 0.3) is 11.0 Å². The maximum Gasteiger partial charge on any atom is 0.162 e. The molecule has 0 atom stereocenters. The fraction of sp³-hybridized carbons (Fsp3) is 0.278. The monoisotopic (exact) mass is 341 g/mol. The van der Waals surface area contributed by atoms with Crippen LogP contribution >= 0.6 is 11.8 Å². The Balaban J connectivity index is 1.46. The number of hydrogen-bond acceptors (Lipinski definition) is 5. The molecule has 1 aromatic carbocycles. The molecule has 0 spiro atoms. The molecular formula is C18H19N3O2S. The van der Waals surface area contributed by atoms with Crippen LogP contribution in [0.4, 0.5) is 0 Å². The number of hydrogen-bond donors (Lipinski definition) is 2. The van der Waals surface area contributed by atoms with Gasteiger partial charge in [-0.05, 0) is 42.2 Å². The van der Waals surface area contributed by atoms with Gasteiger partial charge in [-0.3, -0.25) is 0 Å². The van der Waals surface area contributed by atoms with E-state index in [4.69, 9.17) is 9.47 Å². The van der Waals surface area contributed by atoms with Crippen LogP contribution in [0.2, 0.25) is 0 Å². The number of nitrogens with one attached hydrogen (secondary N) is 2. The van der Waals surface area contributed by atoms with Crippen LogP contribution in [-0.2, 0) is 13.1 Å². The summed E-state index contributed by atoms with van der Waals surface area (Å²) in [5, 5.41) is 4.60. The molecular weight excluding hydrogens is 322 g/mol. The largest absolute Gasteiger partial charge is 0.486 e. The molecule has 2 aromatic heterocycles. The van der Waals surface area contributed by atoms with Gasteiger partial charge in [0.15, 0.2) is 11.5 Å². The normalized spacial score (nSPS) is 13.4. The number of aromatic nitrogens is 2. The lowest BCUT2D eigenvalue weighted by Crippen LogP contribution is -2.17. The van der Waals surface area contributed by atoms with E-state index in [1.807, 2.05) is 12.3 Å². The fourth-order valence-electron chi connectivity index (χ4n) is 2.83. The topological polar surface area (TPSA) is 59.2 Å². The highest BCUT2D eigenvalue weighted by Crippen LogP contribution is 2.36. The van der Waals surface area contributed by atoms with Crippen molar-refractivity contribution in [2.75, 3.05) is 19.5 Å². The van der Waals surface area contributed by atoms with E-state index in [2.05, 4.69) is 45.8 Å². The van der Waals surface area contributed by atoms with Crippen LogP contribution in [0.3, 0.4) is 0 Å². The standard InChI is InChI=1S/C18H19N3O2S/c1-24-17-9-16-15(22-6-7-23-16)8-13(17)10-19-11-14-3-2-12-4-5-20-18(12)21-14/h2-5,8-9,19H,6-7,10-11H2,1H3,(H,20,21). The molecule has 24 heavy (non-hydrogen) atoms. The summed E-state index contributed by atoms with van der Waals surface area (Å²) in [4.78, 5) is 8.97. The lowest BCUT2D eigenvalue weighted by Gasteiger charge is -2.21. The second kappa shape index (κ2) is 6.75. The summed E-state index contributed by atoms with van der Waals surface area (Å²) >= 11 is 1.72. The Bertz CT molecular complexity index is 863. The predicted molar refractivity (Wildman–Crippen MR) is 95.9 cm³/mol. The first-order valence-electron chi connectivity index (χ1n) is 7.94. The molecule has 0 radical (unpaired) electrons. The van der Waals surface area contributed by atoms with Crippen LogP contribution in [0, 0.1) is 0 Å². The Morgan fingerprint density at radius 3 is 2.79 bits per heavy atom. The zero-order valence-corrected chi connectivity index (χ0v) is 14.3. The van der Waals surface area contributed by atoms with Crippen LogP contribution in [0.15, 0.2) is 41.4 Å². The Kier molecular flexibility index (Phi) is 4.32. The number of H-pyrrole nitrogens is 1. The van der Waals surface area contributed by atoms with Gasteiger partial charge in [0.05, 0.1) is 5.69 Å². The van der Waals surface area contributed by atoms with E-state index in [9.17, 15) is 0 Å². The average Bonchev–Trinajstić information content (AvgIpc) is 3.09. The zero-order valence-electron chi connectivity index (χ0n) is 13.5. The van der Waals surface area contributed by atoms with E-state index in [1.54, 1.807) is 11.8 Å². The van der Waals surface area contributed by atoms with Crippen molar-refractivity contribution < 1.29 is 9.47 Å². The second-order valence-electron chi connectivity index (χ2n) is 5.63. The van der Waals surface area contributed by atoms with Crippen LogP contribution in [-0.4, -0.2) is 29.4 Å². The van der Waals surface area contributed by atoms with Gasteiger partial charge < -0.3 is 19.8 Å². The number of fused-ring (bicyclic) bond motifs is 2. The Morgan fingerprint density at radius 2 is 1.96 bits per heavy atom. The lowest BCUT2D eigenvalue weighted by molar-refractivity contribution is 0.171. The summed E-state index contributed by atoms with van der Waals surface area (Å²) in [6, 6.07) is 10.3. The van der Waals surface area contributed by atoms with E-state index in [0.717, 1.165) is 41.3 Å². The lowest BCUT2D eigenvalue weighted by atomic mass is 10.2. The van der Waals surface area contributed by atoms with Gasteiger partial charge in [-0.15, -0.1) is 11.8 Å². The highest BCUT2D eigenvalue weighted by atomic mass is 32.2. The highest BCUT2D eigenvalue weighted by Gasteiger charge is 2.15. The molecule has 0 aliphatic carbocycles. The number of thioether (sulfide) groups is 1. The SMILES string of the molecule is CSc1cc2c(cc1CNCc1ccc3cc[nH]c3n1)OCCO2. The van der Waals surface area contributed by atoms with Crippen molar-refractivity contribution in [2.24, 2.45) is 0 Å². The second-order valence-corrected chi connectivity index (χ2v) is 6.48. The van der Waals surface area contributed by atoms with E-state index in [1.165, 1.54) is 10.5 Å². The number of nitrogens with zero attached hydrogens (tertiary/aromatic N) is 1. The molecule has 0 fully saturated rings. The zero-order chi connectivity index (χ0) is 16.4. The minimum Gasteiger partial charge on any atom is -0.486 e. The van der Waals surface area contributed by atoms with Gasteiger partial charge in [0.25, 0.3) is 0 Å². The van der Waals surface area contributed by atoms with Crippen LogP contribution < -0.4 is 14.8 Å². The minimum atomic E-state index is 0.610. The van der Waals surface area contributed by atoms with Gasteiger partial charge >= 0.3 is 0 Å². The first kappa shape index (κ1) is 15.4. The van der Waals surface area contributed by atoms with E-state index >= 15 is 0 Å². The van der Waals surface area contributed by atoms with Crippen molar-refractivity contribution in [2.45, 2.75) is 18.0 Å². The average molecular weight is 341 g/mol. The van der Waals surface area contributed by atoms with Crippen LogP contribution in [0.1, 0.15) is 11.3 Å². The molecule has 3 aromatic rings. The highest BCUT2D eigenvalue weighted by molar-refractivity contribution is 7.98. The first-order valence-corrected chi connectivity index (χ1v) is 9.16. The number of ether oxygens (including phenoxy) is 2. The predicted octanol–water partition coefficient (Wildman–Crippen LogP) is 3.35. The maximum absolute atomic E-state index is 5.69. The summed E-state index contributed by atoms with van der Waals surface area (Å²) in [6.45, 7) is 2.71. The molecule has 0 saturated carbocycles. The number of pyridine rings is 1. The Labute approximate surface area is 144 Å². The summed E-state index contributed by atoms with van der Waals surface area (Å²) in [5.41, 5.74) is 3.17. The fourth-order valence-corrected chi connectivity index (χ4v) is 3.45. The molecule has 1 aliphatic rings. The van der Waals surface area contributed by atoms with Crippen molar-refractivity contribution in [3.05, 3.63) is 47.8 Å². The molecule has 0 amide bonds. The third-order valence-corrected chi connectivity index (χ3v) is 4.85. The summed E-state index contributed by atoms with van der Waals surface area (Å²) in [6.07, 6.45) is 3.99. The van der Waals surface area contributed by atoms with Gasteiger partial charge in [0, 0.05) is 29.6 Å². The molecule has 124 valence electrons. The van der Waals surface area contributed by atoms with Gasteiger partial charge in [0.1, 0.15) is 18.9 Å². The molecule has 0 unspecified atom stereocenters. The molecule has 4 rings (SSSR count). The van der Waals surface area contributed by atoms with Crippen molar-refractivity contribution in [3.63, 3.8) is 0 Å². The molecule has 1 aliphatic heterocycles. The third kappa shape index (κ3) is 3.07.